The van der Waals surface area contributed by atoms with Crippen molar-refractivity contribution in [3.8, 4) is 0 Å². The highest BCUT2D eigenvalue weighted by Crippen LogP contribution is 2.39. The summed E-state index contributed by atoms with van der Waals surface area (Å²) < 4.78 is 100. The number of halogens is 5. The Morgan fingerprint density at radius 3 is 1.66 bits per heavy atom. The molecule has 150 valence electrons. The van der Waals surface area contributed by atoms with Gasteiger partial charge in [-0.15, -0.1) is 0 Å². The van der Waals surface area contributed by atoms with Crippen molar-refractivity contribution in [1.29, 1.82) is 0 Å². The first-order valence-corrected chi connectivity index (χ1v) is 9.20. The number of ether oxygens (including phenoxy) is 1. The Labute approximate surface area is 169 Å². The Morgan fingerprint density at radius 2 is 1.38 bits per heavy atom. The maximum Gasteiger partial charge on any atom is 0.432 e. The lowest BCUT2D eigenvalue weighted by atomic mass is 9.75. The smallest absolute Gasteiger partial charge is 0.432 e. The number of esters is 1. The van der Waals surface area contributed by atoms with Gasteiger partial charge in [-0.1, -0.05) is 42.5 Å². The van der Waals surface area contributed by atoms with Crippen LogP contribution in [-0.4, -0.2) is 67.9 Å². The summed E-state index contributed by atoms with van der Waals surface area (Å²) in [5.74, 6) is -1.98. The Balaban J connectivity index is 3.68. The predicted molar refractivity (Wildman–Crippen MR) is 96.0 cm³/mol. The van der Waals surface area contributed by atoms with Crippen molar-refractivity contribution in [2.45, 2.75) is 42.8 Å². The fourth-order valence-corrected chi connectivity index (χ4v) is 3.04. The van der Waals surface area contributed by atoms with Crippen LogP contribution in [0.25, 0.3) is 0 Å². The second kappa shape index (κ2) is 9.11. The van der Waals surface area contributed by atoms with Crippen molar-refractivity contribution < 1.29 is 44.5 Å². The molecule has 1 rings (SSSR count). The average Bonchev–Trinajstić information content (AvgIpc) is 2.61. The van der Waals surface area contributed by atoms with E-state index in [0.717, 1.165) is 0 Å². The first-order chi connectivity index (χ1) is 13.2. The van der Waals surface area contributed by atoms with Gasteiger partial charge in [0.2, 0.25) is 0 Å². The zero-order valence-electron chi connectivity index (χ0n) is 14.7. The van der Waals surface area contributed by atoms with E-state index in [2.05, 4.69) is 4.74 Å². The molecule has 1 atom stereocenters. The summed E-state index contributed by atoms with van der Waals surface area (Å²) in [5.41, 5.74) is -0.610. The minimum absolute atomic E-state index is 0.133. The molecule has 0 aliphatic carbocycles. The first kappa shape index (κ1) is 25.5. The van der Waals surface area contributed by atoms with Crippen LogP contribution < -0.4 is 0 Å². The molecule has 0 aliphatic heterocycles. The van der Waals surface area contributed by atoms with Crippen LogP contribution in [0.3, 0.4) is 0 Å². The Morgan fingerprint density at radius 1 is 0.966 bits per heavy atom. The molecule has 8 radical (unpaired) electrons. The first-order valence-electron chi connectivity index (χ1n) is 7.76. The fraction of sp³-hybridized carbons (Fsp3) is 0.500. The molecule has 5 nitrogen and oxygen atoms in total. The largest absolute Gasteiger partial charge is 0.441 e. The summed E-state index contributed by atoms with van der Waals surface area (Å²) in [6.45, 7) is 0. The molecule has 0 saturated heterocycles. The quantitative estimate of drug-likeness (QED) is 0.288. The van der Waals surface area contributed by atoms with Crippen LogP contribution in [0.15, 0.2) is 6.07 Å². The fourth-order valence-electron chi connectivity index (χ4n) is 2.59. The Hall–Kier alpha value is -1.49. The van der Waals surface area contributed by atoms with Gasteiger partial charge < -0.3 is 4.74 Å². The van der Waals surface area contributed by atoms with Crippen molar-refractivity contribution >= 4 is 47.5 Å². The van der Waals surface area contributed by atoms with Gasteiger partial charge in [0.1, 0.15) is 0 Å². The summed E-state index contributed by atoms with van der Waals surface area (Å²) in [4.78, 5) is 12.4. The zero-order chi connectivity index (χ0) is 22.8. The molecular formula is C14H11B4F5O5S. The lowest BCUT2D eigenvalue weighted by Crippen LogP contribution is -2.52. The maximum atomic E-state index is 13.7. The summed E-state index contributed by atoms with van der Waals surface area (Å²) in [7, 11) is 15.5. The third-order valence-electron chi connectivity index (χ3n) is 3.95. The maximum absolute atomic E-state index is 13.7. The van der Waals surface area contributed by atoms with Crippen molar-refractivity contribution in [1.82, 2.24) is 0 Å². The Bertz CT molecular complexity index is 846. The van der Waals surface area contributed by atoms with Gasteiger partial charge in [-0.25, -0.2) is 4.79 Å². The molecule has 1 N–H and O–H groups in total. The summed E-state index contributed by atoms with van der Waals surface area (Å²) in [6.07, 6.45) is -12.0. The summed E-state index contributed by atoms with van der Waals surface area (Å²) in [5, 5.41) is -5.88. The molecular weight excluding hydrogens is 418 g/mol. The highest BCUT2D eigenvalue weighted by Gasteiger charge is 2.66. The van der Waals surface area contributed by atoms with E-state index in [-0.39, 0.29) is 34.9 Å². The molecule has 0 aromatic heterocycles. The van der Waals surface area contributed by atoms with Gasteiger partial charge in [0.15, 0.2) is 0 Å². The molecule has 0 fully saturated rings. The van der Waals surface area contributed by atoms with Crippen LogP contribution in [0.2, 0.25) is 0 Å². The van der Waals surface area contributed by atoms with Crippen molar-refractivity contribution in [2.24, 2.45) is 0 Å². The molecule has 0 heterocycles. The van der Waals surface area contributed by atoms with E-state index >= 15 is 0 Å². The molecule has 1 aromatic carbocycles. The van der Waals surface area contributed by atoms with Crippen LogP contribution >= 0.6 is 0 Å². The van der Waals surface area contributed by atoms with E-state index in [1.54, 1.807) is 0 Å². The van der Waals surface area contributed by atoms with Gasteiger partial charge in [0, 0.05) is 0 Å². The van der Waals surface area contributed by atoms with Crippen molar-refractivity contribution in [3.05, 3.63) is 33.9 Å². The van der Waals surface area contributed by atoms with Crippen molar-refractivity contribution in [2.75, 3.05) is 0 Å². The van der Waals surface area contributed by atoms with Gasteiger partial charge in [-0.05, 0) is 11.1 Å². The number of benzene rings is 1. The predicted octanol–water partition coefficient (Wildman–Crippen LogP) is 0.929. The standard InChI is InChI=1S/C14H11B4F5O5S/c15-2-6-1-7(3-16)9(5-18)10(8(6)4-17)11(24)28-12(13(19,20)21)14(22,23)29(25,26)27/h1,12H,2-5H2,(H,25,26,27). The van der Waals surface area contributed by atoms with E-state index in [4.69, 9.17) is 35.9 Å². The molecule has 0 aliphatic rings. The van der Waals surface area contributed by atoms with Crippen LogP contribution in [0, 0.1) is 0 Å². The van der Waals surface area contributed by atoms with Gasteiger partial charge in [-0.2, -0.15) is 30.4 Å². The molecule has 1 aromatic rings. The number of hydrogen-bond acceptors (Lipinski definition) is 4. The number of carbonyl (C=O) groups excluding carboxylic acids is 1. The normalized spacial score (nSPS) is 13.9. The van der Waals surface area contributed by atoms with E-state index in [9.17, 15) is 35.2 Å². The van der Waals surface area contributed by atoms with Crippen LogP contribution in [0.1, 0.15) is 32.6 Å². The van der Waals surface area contributed by atoms with E-state index < -0.39 is 51.8 Å². The molecule has 0 spiro atoms. The molecule has 29 heavy (non-hydrogen) atoms. The molecule has 0 bridgehead atoms. The second-order valence-electron chi connectivity index (χ2n) is 5.71. The lowest BCUT2D eigenvalue weighted by molar-refractivity contribution is -0.248. The minimum atomic E-state index is -6.59. The minimum Gasteiger partial charge on any atom is -0.441 e. The molecule has 0 saturated carbocycles. The average molecular weight is 430 g/mol. The summed E-state index contributed by atoms with van der Waals surface area (Å²) in [6, 6.07) is 1.40. The van der Waals surface area contributed by atoms with Gasteiger partial charge >= 0.3 is 27.5 Å². The third kappa shape index (κ3) is 5.17. The Kier molecular flexibility index (Phi) is 8.03. The zero-order valence-corrected chi connectivity index (χ0v) is 15.5. The third-order valence-corrected chi connectivity index (χ3v) is 4.85. The van der Waals surface area contributed by atoms with Crippen LogP contribution in [0.5, 0.6) is 0 Å². The SMILES string of the molecule is [B]Cc1cc(C[B])c(C[B])c(C(=O)OC(C(F)(F)F)C(F)(F)S(=O)(=O)O)c1C[B]. The highest BCUT2D eigenvalue weighted by atomic mass is 32.2. The molecule has 15 heteroatoms. The van der Waals surface area contributed by atoms with Crippen LogP contribution in [-0.2, 0) is 40.1 Å². The molecule has 1 unspecified atom stereocenters. The highest BCUT2D eigenvalue weighted by molar-refractivity contribution is 7.86. The summed E-state index contributed by atoms with van der Waals surface area (Å²) >= 11 is 0. The monoisotopic (exact) mass is 430 g/mol. The van der Waals surface area contributed by atoms with Crippen LogP contribution in [0.4, 0.5) is 22.0 Å². The van der Waals surface area contributed by atoms with E-state index in [1.807, 2.05) is 0 Å². The second-order valence-corrected chi connectivity index (χ2v) is 7.20. The number of rotatable bonds is 8. The topological polar surface area (TPSA) is 80.7 Å². The van der Waals surface area contributed by atoms with Gasteiger partial charge in [-0.3, -0.25) is 4.55 Å². The van der Waals surface area contributed by atoms with Gasteiger partial charge in [0.25, 0.3) is 6.10 Å². The van der Waals surface area contributed by atoms with Crippen molar-refractivity contribution in [3.63, 3.8) is 0 Å². The number of hydrogen-bond donors (Lipinski definition) is 1. The van der Waals surface area contributed by atoms with Gasteiger partial charge in [0.05, 0.1) is 36.9 Å². The van der Waals surface area contributed by atoms with E-state index in [0.29, 0.717) is 0 Å². The molecule has 0 amide bonds. The lowest BCUT2D eigenvalue weighted by Gasteiger charge is -2.27. The number of alkyl halides is 5. The van der Waals surface area contributed by atoms with E-state index in [1.165, 1.54) is 6.07 Å². The number of carbonyl (C=O) groups is 1.